The predicted octanol–water partition coefficient (Wildman–Crippen LogP) is 7.33. The lowest BCUT2D eigenvalue weighted by atomic mass is 9.86. The molecule has 0 spiro atoms. The smallest absolute Gasteiger partial charge is 0.0728 e. The molecule has 2 atom stereocenters. The van der Waals surface area contributed by atoms with Crippen LogP contribution in [-0.4, -0.2) is 14.2 Å². The second kappa shape index (κ2) is 9.21. The van der Waals surface area contributed by atoms with E-state index < -0.39 is 8.07 Å². The molecule has 1 saturated carbocycles. The molecule has 0 aromatic heterocycles. The van der Waals surface area contributed by atoms with Crippen molar-refractivity contribution in [2.75, 3.05) is 0 Å². The van der Waals surface area contributed by atoms with Gasteiger partial charge in [-0.2, -0.15) is 0 Å². The second-order valence-electron chi connectivity index (χ2n) is 9.60. The van der Waals surface area contributed by atoms with E-state index in [2.05, 4.69) is 89.1 Å². The van der Waals surface area contributed by atoms with Crippen molar-refractivity contribution in [2.24, 2.45) is 11.3 Å². The minimum absolute atomic E-state index is 0.155. The Labute approximate surface area is 168 Å². The average molecular weight is 383 g/mol. The molecule has 1 nitrogen and oxygen atoms in total. The van der Waals surface area contributed by atoms with Gasteiger partial charge in [0, 0.05) is 5.92 Å². The van der Waals surface area contributed by atoms with E-state index >= 15 is 0 Å². The maximum Gasteiger partial charge on any atom is 0.0728 e. The predicted molar refractivity (Wildman–Crippen MR) is 122 cm³/mol. The topological polar surface area (TPSA) is 9.23 Å². The van der Waals surface area contributed by atoms with Crippen molar-refractivity contribution in [3.05, 3.63) is 72.0 Å². The SMILES string of the molecule is C=CCC[C@H]1/C(=C(\CC=C)[Si](C)(C)C)CC(C)(C)[C@@H]1OCc1ccccc1. The number of hydrogen-bond acceptors (Lipinski definition) is 1. The highest BCUT2D eigenvalue weighted by Crippen LogP contribution is 2.51. The van der Waals surface area contributed by atoms with E-state index in [1.807, 2.05) is 0 Å². The van der Waals surface area contributed by atoms with Crippen molar-refractivity contribution in [2.45, 2.75) is 71.9 Å². The number of rotatable bonds is 9. The fourth-order valence-corrected chi connectivity index (χ4v) is 6.56. The third-order valence-corrected chi connectivity index (χ3v) is 8.16. The molecule has 0 unspecified atom stereocenters. The van der Waals surface area contributed by atoms with E-state index in [1.165, 1.54) is 5.56 Å². The van der Waals surface area contributed by atoms with Crippen LogP contribution in [0.25, 0.3) is 0 Å². The lowest BCUT2D eigenvalue weighted by Crippen LogP contribution is -2.32. The molecule has 0 radical (unpaired) electrons. The first-order valence-corrected chi connectivity index (χ1v) is 13.8. The van der Waals surface area contributed by atoms with Gasteiger partial charge in [0.2, 0.25) is 0 Å². The van der Waals surface area contributed by atoms with Crippen molar-refractivity contribution >= 4 is 8.07 Å². The van der Waals surface area contributed by atoms with E-state index in [1.54, 1.807) is 10.8 Å². The molecular formula is C25H38OSi. The summed E-state index contributed by atoms with van der Waals surface area (Å²) < 4.78 is 6.61. The zero-order chi connectivity index (χ0) is 20.1. The molecule has 0 N–H and O–H groups in total. The average Bonchev–Trinajstić information content (AvgIpc) is 2.85. The zero-order valence-corrected chi connectivity index (χ0v) is 19.1. The van der Waals surface area contributed by atoms with Gasteiger partial charge in [-0.15, -0.1) is 13.2 Å². The van der Waals surface area contributed by atoms with Gasteiger partial charge in [-0.1, -0.05) is 86.7 Å². The Bertz CT molecular complexity index is 663. The molecule has 1 aromatic carbocycles. The lowest BCUT2D eigenvalue weighted by molar-refractivity contribution is -0.0405. The van der Waals surface area contributed by atoms with Crippen LogP contribution in [0.2, 0.25) is 19.6 Å². The Morgan fingerprint density at radius 2 is 1.81 bits per heavy atom. The first-order chi connectivity index (χ1) is 12.7. The van der Waals surface area contributed by atoms with Crippen molar-refractivity contribution in [3.63, 3.8) is 0 Å². The third-order valence-electron chi connectivity index (χ3n) is 5.82. The van der Waals surface area contributed by atoms with Crippen LogP contribution in [0.5, 0.6) is 0 Å². The van der Waals surface area contributed by atoms with E-state index in [9.17, 15) is 0 Å². The summed E-state index contributed by atoms with van der Waals surface area (Å²) in [6, 6.07) is 10.6. The Morgan fingerprint density at radius 3 is 2.37 bits per heavy atom. The second-order valence-corrected chi connectivity index (χ2v) is 14.7. The van der Waals surface area contributed by atoms with Crippen LogP contribution in [0.1, 0.15) is 45.1 Å². The number of ether oxygens (including phenoxy) is 1. The zero-order valence-electron chi connectivity index (χ0n) is 18.1. The van der Waals surface area contributed by atoms with Gasteiger partial charge in [0.1, 0.15) is 0 Å². The van der Waals surface area contributed by atoms with Gasteiger partial charge >= 0.3 is 0 Å². The molecule has 0 bridgehead atoms. The number of allylic oxidation sites excluding steroid dienone is 3. The first kappa shape index (κ1) is 21.9. The molecule has 1 aliphatic carbocycles. The summed E-state index contributed by atoms with van der Waals surface area (Å²) in [4.78, 5) is 0. The van der Waals surface area contributed by atoms with Crippen molar-refractivity contribution < 1.29 is 4.74 Å². The van der Waals surface area contributed by atoms with E-state index in [-0.39, 0.29) is 11.5 Å². The monoisotopic (exact) mass is 382 g/mol. The molecule has 1 fully saturated rings. The van der Waals surface area contributed by atoms with Crippen LogP contribution in [-0.2, 0) is 11.3 Å². The minimum atomic E-state index is -1.41. The van der Waals surface area contributed by atoms with Gasteiger partial charge in [0.15, 0.2) is 0 Å². The molecule has 2 rings (SSSR count). The normalized spacial score (nSPS) is 23.9. The molecule has 0 amide bonds. The maximum absolute atomic E-state index is 6.61. The molecule has 1 aliphatic rings. The van der Waals surface area contributed by atoms with Gasteiger partial charge < -0.3 is 4.74 Å². The standard InChI is InChI=1S/C25H38OSi/c1-8-10-17-21-22(23(14-9-2)27(5,6)7)18-25(3,4)24(21)26-19-20-15-12-11-13-16-20/h8-9,11-13,15-16,21,24H,1-2,10,14,17-19H2,3-7H3/b23-22+/t21-,24+/m0/s1. The van der Waals surface area contributed by atoms with Crippen molar-refractivity contribution in [3.8, 4) is 0 Å². The van der Waals surface area contributed by atoms with Gasteiger partial charge in [0.05, 0.1) is 20.8 Å². The summed E-state index contributed by atoms with van der Waals surface area (Å²) in [5.41, 5.74) is 3.07. The van der Waals surface area contributed by atoms with Gasteiger partial charge in [-0.05, 0) is 36.7 Å². The molecular weight excluding hydrogens is 344 g/mol. The fourth-order valence-electron chi connectivity index (χ4n) is 4.57. The highest BCUT2D eigenvalue weighted by molar-refractivity contribution is 6.83. The van der Waals surface area contributed by atoms with Gasteiger partial charge in [-0.25, -0.2) is 0 Å². The summed E-state index contributed by atoms with van der Waals surface area (Å²) in [6.45, 7) is 20.9. The molecule has 2 heteroatoms. The van der Waals surface area contributed by atoms with Crippen LogP contribution >= 0.6 is 0 Å². The largest absolute Gasteiger partial charge is 0.372 e. The highest BCUT2D eigenvalue weighted by Gasteiger charge is 2.47. The van der Waals surface area contributed by atoms with Crippen molar-refractivity contribution in [1.82, 2.24) is 0 Å². The van der Waals surface area contributed by atoms with Crippen LogP contribution in [0.4, 0.5) is 0 Å². The Kier molecular flexibility index (Phi) is 7.47. The summed E-state index contributed by atoms with van der Waals surface area (Å²) in [5.74, 6) is 0.489. The van der Waals surface area contributed by atoms with Gasteiger partial charge in [-0.3, -0.25) is 0 Å². The van der Waals surface area contributed by atoms with Crippen LogP contribution in [0, 0.1) is 11.3 Å². The molecule has 27 heavy (non-hydrogen) atoms. The molecule has 1 aromatic rings. The Hall–Kier alpha value is -1.38. The highest BCUT2D eigenvalue weighted by atomic mass is 28.3. The summed E-state index contributed by atoms with van der Waals surface area (Å²) in [7, 11) is -1.41. The van der Waals surface area contributed by atoms with Crippen LogP contribution < -0.4 is 0 Å². The fraction of sp³-hybridized carbons (Fsp3) is 0.520. The Morgan fingerprint density at radius 1 is 1.15 bits per heavy atom. The van der Waals surface area contributed by atoms with Crippen molar-refractivity contribution in [1.29, 1.82) is 0 Å². The molecule has 148 valence electrons. The van der Waals surface area contributed by atoms with E-state index in [4.69, 9.17) is 4.74 Å². The summed E-state index contributed by atoms with van der Waals surface area (Å²) in [5, 5.41) is 1.69. The molecule has 0 aliphatic heterocycles. The first-order valence-electron chi connectivity index (χ1n) is 10.3. The third kappa shape index (κ3) is 5.55. The van der Waals surface area contributed by atoms with Crippen LogP contribution in [0.3, 0.4) is 0 Å². The summed E-state index contributed by atoms with van der Waals surface area (Å²) in [6.07, 6.45) is 8.74. The van der Waals surface area contributed by atoms with Crippen LogP contribution in [0.15, 0.2) is 66.4 Å². The molecule has 0 heterocycles. The lowest BCUT2D eigenvalue weighted by Gasteiger charge is -2.31. The maximum atomic E-state index is 6.61. The number of benzene rings is 1. The quantitative estimate of drug-likeness (QED) is 0.321. The molecule has 0 saturated heterocycles. The van der Waals surface area contributed by atoms with Gasteiger partial charge in [0.25, 0.3) is 0 Å². The summed E-state index contributed by atoms with van der Waals surface area (Å²) >= 11 is 0. The van der Waals surface area contributed by atoms with E-state index in [0.29, 0.717) is 12.5 Å². The number of hydrogen-bond donors (Lipinski definition) is 0. The van der Waals surface area contributed by atoms with E-state index in [0.717, 1.165) is 25.7 Å². The minimum Gasteiger partial charge on any atom is -0.372 e. The Balaban J connectivity index is 2.38.